The Balaban J connectivity index is 2.92. The number of aromatic nitrogens is 2. The lowest BCUT2D eigenvalue weighted by Crippen LogP contribution is -2.27. The van der Waals surface area contributed by atoms with Crippen molar-refractivity contribution in [3.63, 3.8) is 0 Å². The molecule has 1 aromatic rings. The van der Waals surface area contributed by atoms with Gasteiger partial charge in [0.15, 0.2) is 5.69 Å². The van der Waals surface area contributed by atoms with E-state index in [1.54, 1.807) is 0 Å². The molecular formula is C4H6N2O2. The van der Waals surface area contributed by atoms with Crippen LogP contribution in [0, 0.1) is 5.21 Å². The zero-order valence-electron chi connectivity index (χ0n) is 4.50. The van der Waals surface area contributed by atoms with Gasteiger partial charge in [0.25, 0.3) is 0 Å². The average Bonchev–Trinajstić information content (AvgIpc) is 2.14. The monoisotopic (exact) mass is 114 g/mol. The Hall–Kier alpha value is -1.06. The molecule has 0 N–H and O–H groups in total. The van der Waals surface area contributed by atoms with Gasteiger partial charge in [0.1, 0.15) is 0 Å². The van der Waals surface area contributed by atoms with Crippen molar-refractivity contribution >= 4 is 0 Å². The van der Waals surface area contributed by atoms with E-state index in [1.165, 1.54) is 6.20 Å². The molecule has 0 aliphatic heterocycles. The van der Waals surface area contributed by atoms with Gasteiger partial charge < -0.3 is 5.21 Å². The highest BCUT2D eigenvalue weighted by molar-refractivity contribution is 4.80. The molecule has 1 heterocycles. The number of hydrogen-bond acceptors (Lipinski definition) is 3. The molecule has 0 unspecified atom stereocenters. The van der Waals surface area contributed by atoms with Crippen molar-refractivity contribution in [1.29, 1.82) is 0 Å². The lowest BCUT2D eigenvalue weighted by molar-refractivity contribution is -0.807. The number of nitrogens with zero attached hydrogens (tertiary/aromatic N) is 2. The summed E-state index contributed by atoms with van der Waals surface area (Å²) in [6.07, 6.45) is 2.07. The van der Waals surface area contributed by atoms with E-state index in [-0.39, 0.29) is 0 Å². The van der Waals surface area contributed by atoms with E-state index in [9.17, 15) is 5.21 Å². The van der Waals surface area contributed by atoms with Gasteiger partial charge in [0.2, 0.25) is 6.20 Å². The zero-order chi connectivity index (χ0) is 5.98. The molecule has 4 heteroatoms. The van der Waals surface area contributed by atoms with Crippen LogP contribution in [0.3, 0.4) is 0 Å². The highest BCUT2D eigenvalue weighted by atomic mass is 16.8. The number of hydrogen-bond donors (Lipinski definition) is 0. The molecule has 0 saturated carbocycles. The van der Waals surface area contributed by atoms with Crippen molar-refractivity contribution < 1.29 is 9.53 Å². The molecule has 0 aromatic carbocycles. The quantitative estimate of drug-likeness (QED) is 0.478. The fourth-order valence-electron chi connectivity index (χ4n) is 0.447. The molecule has 1 aromatic heterocycles. The maximum absolute atomic E-state index is 10.3. The van der Waals surface area contributed by atoms with Crippen LogP contribution in [0.2, 0.25) is 0 Å². The van der Waals surface area contributed by atoms with Crippen molar-refractivity contribution in [2.45, 2.75) is 13.3 Å². The molecule has 0 aliphatic carbocycles. The van der Waals surface area contributed by atoms with Crippen LogP contribution in [0.5, 0.6) is 0 Å². The SMILES string of the molecule is CCc1cno[n+]1[O-]. The summed E-state index contributed by atoms with van der Waals surface area (Å²) in [6.45, 7) is 1.86. The standard InChI is InChI=1S/C4H6N2O2/c1-2-4-3-5-8-6(4)7/h3H,2H2,1H3. The molecule has 4 nitrogen and oxygen atoms in total. The Morgan fingerprint density at radius 2 is 2.75 bits per heavy atom. The van der Waals surface area contributed by atoms with Crippen molar-refractivity contribution in [1.82, 2.24) is 5.16 Å². The second-order valence-electron chi connectivity index (χ2n) is 1.42. The van der Waals surface area contributed by atoms with Gasteiger partial charge in [-0.2, -0.15) is 0 Å². The van der Waals surface area contributed by atoms with E-state index in [0.29, 0.717) is 17.0 Å². The summed E-state index contributed by atoms with van der Waals surface area (Å²) in [5.74, 6) is 0. The summed E-state index contributed by atoms with van der Waals surface area (Å²) in [4.78, 5) is 0.403. The maximum atomic E-state index is 10.3. The molecule has 0 atom stereocenters. The normalized spacial score (nSPS) is 9.62. The van der Waals surface area contributed by atoms with Gasteiger partial charge in [-0.1, -0.05) is 6.92 Å². The van der Waals surface area contributed by atoms with Crippen LogP contribution >= 0.6 is 0 Å². The Labute approximate surface area is 46.3 Å². The molecule has 1 rings (SSSR count). The first-order valence-electron chi connectivity index (χ1n) is 2.38. The van der Waals surface area contributed by atoms with Crippen LogP contribution in [0.1, 0.15) is 12.6 Å². The molecule has 0 saturated heterocycles. The van der Waals surface area contributed by atoms with Crippen LogP contribution in [-0.2, 0) is 6.42 Å². The molecular weight excluding hydrogens is 108 g/mol. The Morgan fingerprint density at radius 1 is 2.00 bits per heavy atom. The van der Waals surface area contributed by atoms with Crippen LogP contribution in [-0.4, -0.2) is 5.16 Å². The topological polar surface area (TPSA) is 53.0 Å². The van der Waals surface area contributed by atoms with Gasteiger partial charge in [-0.25, -0.2) is 0 Å². The summed E-state index contributed by atoms with van der Waals surface area (Å²) in [7, 11) is 0. The van der Waals surface area contributed by atoms with Gasteiger partial charge in [-0.15, -0.1) is 0 Å². The first-order chi connectivity index (χ1) is 3.84. The minimum atomic E-state index is 0.403. The third-order valence-corrected chi connectivity index (χ3v) is 0.920. The zero-order valence-corrected chi connectivity index (χ0v) is 4.50. The van der Waals surface area contributed by atoms with E-state index < -0.39 is 0 Å². The third-order valence-electron chi connectivity index (χ3n) is 0.920. The van der Waals surface area contributed by atoms with Crippen LogP contribution in [0.15, 0.2) is 10.8 Å². The molecule has 0 radical (unpaired) electrons. The highest BCUT2D eigenvalue weighted by Gasteiger charge is 2.00. The minimum Gasteiger partial charge on any atom is -0.359 e. The maximum Gasteiger partial charge on any atom is 0.208 e. The summed E-state index contributed by atoms with van der Waals surface area (Å²) in [5.41, 5.74) is 0.560. The Kier molecular flexibility index (Phi) is 1.15. The molecule has 0 amide bonds. The second-order valence-corrected chi connectivity index (χ2v) is 1.42. The molecule has 0 spiro atoms. The van der Waals surface area contributed by atoms with Gasteiger partial charge in [-0.3, -0.25) is 4.63 Å². The molecule has 44 valence electrons. The summed E-state index contributed by atoms with van der Waals surface area (Å²) >= 11 is 0. The van der Waals surface area contributed by atoms with Gasteiger partial charge in [0.05, 0.1) is 0 Å². The van der Waals surface area contributed by atoms with Crippen molar-refractivity contribution in [3.8, 4) is 0 Å². The number of aryl methyl sites for hydroxylation is 1. The van der Waals surface area contributed by atoms with Crippen LogP contribution in [0.4, 0.5) is 0 Å². The summed E-state index contributed by atoms with van der Waals surface area (Å²) in [6, 6.07) is 0. The van der Waals surface area contributed by atoms with E-state index in [1.807, 2.05) is 6.92 Å². The van der Waals surface area contributed by atoms with Crippen LogP contribution < -0.4 is 4.90 Å². The fraction of sp³-hybridized carbons (Fsp3) is 0.500. The Bertz CT molecular complexity index is 172. The first-order valence-corrected chi connectivity index (χ1v) is 2.38. The van der Waals surface area contributed by atoms with E-state index in [0.717, 1.165) is 0 Å². The fourth-order valence-corrected chi connectivity index (χ4v) is 0.447. The molecule has 0 fully saturated rings. The van der Waals surface area contributed by atoms with Crippen molar-refractivity contribution in [3.05, 3.63) is 17.1 Å². The van der Waals surface area contributed by atoms with E-state index in [2.05, 4.69) is 9.79 Å². The van der Waals surface area contributed by atoms with E-state index in [4.69, 9.17) is 0 Å². The Morgan fingerprint density at radius 3 is 3.00 bits per heavy atom. The predicted octanol–water partition coefficient (Wildman–Crippen LogP) is -0.130. The first kappa shape index (κ1) is 5.08. The predicted molar refractivity (Wildman–Crippen MR) is 24.8 cm³/mol. The number of rotatable bonds is 1. The van der Waals surface area contributed by atoms with Gasteiger partial charge in [-0.05, 0) is 4.90 Å². The van der Waals surface area contributed by atoms with Crippen molar-refractivity contribution in [2.75, 3.05) is 0 Å². The van der Waals surface area contributed by atoms with Gasteiger partial charge >= 0.3 is 0 Å². The minimum absolute atomic E-state index is 0.403. The van der Waals surface area contributed by atoms with Crippen LogP contribution in [0.25, 0.3) is 0 Å². The highest BCUT2D eigenvalue weighted by Crippen LogP contribution is 1.85. The van der Waals surface area contributed by atoms with E-state index >= 15 is 0 Å². The lowest BCUT2D eigenvalue weighted by atomic mass is 10.4. The molecule has 0 bridgehead atoms. The summed E-state index contributed by atoms with van der Waals surface area (Å²) in [5, 5.41) is 13.6. The van der Waals surface area contributed by atoms with Crippen molar-refractivity contribution in [2.24, 2.45) is 0 Å². The molecule has 8 heavy (non-hydrogen) atoms. The molecule has 0 aliphatic rings. The third kappa shape index (κ3) is 0.641. The average molecular weight is 114 g/mol. The lowest BCUT2D eigenvalue weighted by Gasteiger charge is -1.85. The van der Waals surface area contributed by atoms with Gasteiger partial charge in [0, 0.05) is 11.6 Å². The largest absolute Gasteiger partial charge is 0.359 e. The smallest absolute Gasteiger partial charge is 0.208 e. The second kappa shape index (κ2) is 1.81. The summed E-state index contributed by atoms with van der Waals surface area (Å²) < 4.78 is 4.17.